The lowest BCUT2D eigenvalue weighted by atomic mass is 9.81. The molecule has 0 aromatic rings. The predicted octanol–water partition coefficient (Wildman–Crippen LogP) is 2.94. The van der Waals surface area contributed by atoms with E-state index in [2.05, 4.69) is 20.1 Å². The molecule has 0 aromatic carbocycles. The third-order valence-electron chi connectivity index (χ3n) is 14.0. The summed E-state index contributed by atoms with van der Waals surface area (Å²) in [7, 11) is -2.01. The molecule has 10 fully saturated rings. The van der Waals surface area contributed by atoms with Gasteiger partial charge in [-0.3, -0.25) is 9.35 Å². The zero-order valence-electron chi connectivity index (χ0n) is 33.5. The Kier molecular flexibility index (Phi) is 12.5. The quantitative estimate of drug-likeness (QED) is 0.276. The van der Waals surface area contributed by atoms with Crippen LogP contribution in [0.1, 0.15) is 90.4 Å². The molecule has 10 saturated heterocycles. The minimum Gasteiger partial charge on any atom is -0.392 e. The van der Waals surface area contributed by atoms with Crippen molar-refractivity contribution >= 4 is 15.9 Å². The largest absolute Gasteiger partial charge is 0.392 e. The van der Waals surface area contributed by atoms with Crippen LogP contribution in [0.25, 0.3) is 0 Å². The Morgan fingerprint density at radius 3 is 2.26 bits per heavy atom. The van der Waals surface area contributed by atoms with Gasteiger partial charge in [-0.15, -0.1) is 0 Å². The molecule has 0 radical (unpaired) electrons. The van der Waals surface area contributed by atoms with Crippen molar-refractivity contribution in [2.75, 3.05) is 19.9 Å². The van der Waals surface area contributed by atoms with Crippen molar-refractivity contribution < 1.29 is 65.5 Å². The number of ether oxygens (including phenoxy) is 9. The number of aliphatic hydroxyl groups is 1. The van der Waals surface area contributed by atoms with E-state index in [-0.39, 0.29) is 122 Å². The molecule has 4 N–H and O–H groups in total. The highest BCUT2D eigenvalue weighted by molar-refractivity contribution is 7.85. The minimum atomic E-state index is -3.67. The Morgan fingerprint density at radius 2 is 1.51 bits per heavy atom. The molecule has 0 aromatic heterocycles. The first-order chi connectivity index (χ1) is 27.1. The number of methoxy groups -OCH3 is 1. The molecule has 10 heterocycles. The number of aliphatic hydroxyl groups excluding tert-OH is 1. The summed E-state index contributed by atoms with van der Waals surface area (Å²) in [4.78, 5) is 14.1. The van der Waals surface area contributed by atoms with Crippen LogP contribution in [0.2, 0.25) is 0 Å². The van der Waals surface area contributed by atoms with Gasteiger partial charge in [0.25, 0.3) is 10.1 Å². The predicted molar refractivity (Wildman–Crippen MR) is 204 cm³/mol. The smallest absolute Gasteiger partial charge is 0.261 e. The van der Waals surface area contributed by atoms with E-state index in [1.165, 1.54) is 0 Å². The van der Waals surface area contributed by atoms with E-state index >= 15 is 0 Å². The Balaban J connectivity index is 0.000000859. The summed E-state index contributed by atoms with van der Waals surface area (Å²) in [5, 5.41) is 10.5. The third-order valence-corrected chi connectivity index (χ3v) is 14.0. The van der Waals surface area contributed by atoms with Crippen molar-refractivity contribution in [2.45, 2.75) is 194 Å². The fourth-order valence-corrected chi connectivity index (χ4v) is 11.3. The van der Waals surface area contributed by atoms with Gasteiger partial charge in [-0.05, 0) is 62.0 Å². The van der Waals surface area contributed by atoms with Crippen LogP contribution in [-0.2, 0) is 57.5 Å². The van der Waals surface area contributed by atoms with Crippen molar-refractivity contribution in [1.29, 1.82) is 0 Å². The van der Waals surface area contributed by atoms with Crippen LogP contribution in [0, 0.1) is 11.8 Å². The summed E-state index contributed by atoms with van der Waals surface area (Å²) in [6, 6.07) is 0. The van der Waals surface area contributed by atoms with Crippen molar-refractivity contribution in [3.8, 4) is 0 Å². The number of hydrogen-bond donors (Lipinski definition) is 3. The van der Waals surface area contributed by atoms with Crippen LogP contribution in [0.3, 0.4) is 0 Å². The lowest BCUT2D eigenvalue weighted by molar-refractivity contribution is -0.292. The Hall–Kier alpha value is -1.38. The molecule has 12 bridgehead atoms. The Morgan fingerprint density at radius 1 is 0.825 bits per heavy atom. The lowest BCUT2D eigenvalue weighted by Gasteiger charge is -2.47. The average molecular weight is 826 g/mol. The van der Waals surface area contributed by atoms with E-state index in [9.17, 15) is 18.3 Å². The van der Waals surface area contributed by atoms with E-state index in [1.54, 1.807) is 7.11 Å². The molecule has 0 amide bonds. The van der Waals surface area contributed by atoms with Crippen LogP contribution in [0.15, 0.2) is 24.3 Å². The molecule has 10 rings (SSSR count). The molecule has 15 nitrogen and oxygen atoms in total. The number of fused-ring (bicyclic) bond motifs is 6. The van der Waals surface area contributed by atoms with Gasteiger partial charge in [0.15, 0.2) is 5.79 Å². The maximum absolute atomic E-state index is 14.1. The van der Waals surface area contributed by atoms with E-state index in [0.717, 1.165) is 56.1 Å². The van der Waals surface area contributed by atoms with E-state index in [1.807, 2.05) is 0 Å². The van der Waals surface area contributed by atoms with Crippen LogP contribution >= 0.6 is 0 Å². The highest BCUT2D eigenvalue weighted by Gasteiger charge is 2.68. The summed E-state index contributed by atoms with van der Waals surface area (Å²) < 4.78 is 85.9. The van der Waals surface area contributed by atoms with Crippen molar-refractivity contribution in [3.05, 3.63) is 24.3 Å². The maximum atomic E-state index is 14.1. The first-order valence-corrected chi connectivity index (χ1v) is 22.9. The Bertz CT molecular complexity index is 1600. The van der Waals surface area contributed by atoms with Crippen LogP contribution in [0.5, 0.6) is 0 Å². The van der Waals surface area contributed by atoms with Crippen molar-refractivity contribution in [2.24, 2.45) is 17.6 Å². The number of ketones is 1. The zero-order chi connectivity index (χ0) is 40.4. The molecular weight excluding hydrogens is 763 g/mol. The van der Waals surface area contributed by atoms with Gasteiger partial charge in [0.05, 0.1) is 73.4 Å². The fourth-order valence-electron chi connectivity index (χ4n) is 11.3. The van der Waals surface area contributed by atoms with Gasteiger partial charge in [-0.2, -0.15) is 8.42 Å². The molecule has 10 aliphatic heterocycles. The van der Waals surface area contributed by atoms with Crippen molar-refractivity contribution in [1.82, 2.24) is 0 Å². The second-order valence-corrected chi connectivity index (χ2v) is 19.6. The van der Waals surface area contributed by atoms with E-state index in [0.29, 0.717) is 31.9 Å². The highest BCUT2D eigenvalue weighted by atomic mass is 32.2. The van der Waals surface area contributed by atoms with Gasteiger partial charge in [0, 0.05) is 58.1 Å². The molecule has 0 aliphatic carbocycles. The normalized spacial score (nSPS) is 48.8. The number of carbonyl (C=O) groups is 1. The van der Waals surface area contributed by atoms with Gasteiger partial charge in [0.2, 0.25) is 0 Å². The fraction of sp³-hybridized carbons (Fsp3) is 0.878. The summed E-state index contributed by atoms with van der Waals surface area (Å²) >= 11 is 0. The maximum Gasteiger partial charge on any atom is 0.261 e. The summed E-state index contributed by atoms with van der Waals surface area (Å²) in [6.07, 6.45) is 5.57. The second kappa shape index (κ2) is 16.8. The topological polar surface area (TPSA) is 201 Å². The van der Waals surface area contributed by atoms with Crippen LogP contribution in [0.4, 0.5) is 0 Å². The van der Waals surface area contributed by atoms with E-state index < -0.39 is 28.1 Å². The average Bonchev–Trinajstić information content (AvgIpc) is 3.82. The molecule has 57 heavy (non-hydrogen) atoms. The SMILES string of the molecule is C=C1C[C@@H]2CCC34C[C@@H]5O[C@H]6[C@@H](O3)[C@H]3O[C@H](CC[C@@H]3O[C@@H]6[C@@H]5O4)CC(=O)C[C@H]3[C@H](OC)[C@H](C[C@H](O)CN)O[C@H]3C[C@H]3O[C@H](CC[C@@H]1O2)C[C@H](C)C3=C.CS(=O)(=O)O. The molecule has 16 heteroatoms. The molecule has 19 atom stereocenters. The van der Waals surface area contributed by atoms with Gasteiger partial charge < -0.3 is 53.5 Å². The van der Waals surface area contributed by atoms with E-state index in [4.69, 9.17) is 52.9 Å². The minimum absolute atomic E-state index is 0.0158. The number of Topliss-reactive ketones (excluding diaryl/α,β-unsaturated/α-hetero) is 1. The van der Waals surface area contributed by atoms with Gasteiger partial charge in [-0.1, -0.05) is 20.1 Å². The monoisotopic (exact) mass is 825 g/mol. The number of nitrogens with two attached hydrogens (primary N) is 1. The number of carbonyl (C=O) groups excluding carboxylic acids is 1. The zero-order valence-corrected chi connectivity index (χ0v) is 34.3. The van der Waals surface area contributed by atoms with Crippen LogP contribution in [-0.4, -0.2) is 147 Å². The number of rotatable bonds is 4. The summed E-state index contributed by atoms with van der Waals surface area (Å²) in [6.45, 7) is 11.3. The third kappa shape index (κ3) is 9.00. The highest BCUT2D eigenvalue weighted by Crippen LogP contribution is 2.54. The standard InChI is InChI=1S/C40H59NO11.CH4O3S/c1-19-11-24-5-7-28-20(2)12-26(45-28)9-10-40-17-33-36(51-40)37-38(50-33)39(52-40)35-29(49-37)8-6-25(47-35)13-22(42)14-27-31(16-30(46-24)21(19)3)48-32(34(27)44-4)15-23(43)18-41;1-5(2,3)4/h19,23-39,43H,2-3,5-18,41H2,1,4H3;1H3,(H,2,3,4)/t19-,23-,24+,25+,26-,27+,28-,29-,30+,31-,32-,33-,34-,35-,36+,37+,38+,39-,40?;/m0./s1. The second-order valence-electron chi connectivity index (χ2n) is 18.2. The molecule has 0 saturated carbocycles. The molecule has 10 aliphatic rings. The molecular formula is C41H63NO14S. The molecule has 1 unspecified atom stereocenters. The summed E-state index contributed by atoms with van der Waals surface area (Å²) in [5.41, 5.74) is 8.01. The van der Waals surface area contributed by atoms with Crippen molar-refractivity contribution in [3.63, 3.8) is 0 Å². The van der Waals surface area contributed by atoms with Gasteiger partial charge >= 0.3 is 0 Å². The number of hydrogen-bond acceptors (Lipinski definition) is 14. The lowest BCUT2D eigenvalue weighted by Crippen LogP contribution is -2.61. The summed E-state index contributed by atoms with van der Waals surface area (Å²) in [5.74, 6) is -0.619. The van der Waals surface area contributed by atoms with Gasteiger partial charge in [-0.25, -0.2) is 0 Å². The molecule has 322 valence electrons. The van der Waals surface area contributed by atoms with Gasteiger partial charge in [0.1, 0.15) is 36.3 Å². The first-order valence-electron chi connectivity index (χ1n) is 21.1. The van der Waals surface area contributed by atoms with Crippen LogP contribution < -0.4 is 5.73 Å². The first kappa shape index (κ1) is 42.3. The molecule has 1 spiro atoms. The Labute approximate surface area is 336 Å².